The van der Waals surface area contributed by atoms with Crippen molar-refractivity contribution < 1.29 is 8.42 Å². The number of nitrogens with one attached hydrogen (secondary N) is 2. The third-order valence-corrected chi connectivity index (χ3v) is 6.86. The van der Waals surface area contributed by atoms with Crippen molar-refractivity contribution in [2.24, 2.45) is 0 Å². The van der Waals surface area contributed by atoms with E-state index in [0.717, 1.165) is 29.0 Å². The van der Waals surface area contributed by atoms with E-state index < -0.39 is 10.0 Å². The average molecular weight is 504 g/mol. The molecule has 0 aliphatic carbocycles. The van der Waals surface area contributed by atoms with E-state index in [4.69, 9.17) is 12.2 Å². The fourth-order valence-electron chi connectivity index (χ4n) is 4.41. The van der Waals surface area contributed by atoms with Gasteiger partial charge in [0.2, 0.25) is 10.0 Å². The first-order valence-electron chi connectivity index (χ1n) is 11.1. The Morgan fingerprint density at radius 1 is 0.943 bits per heavy atom. The first-order chi connectivity index (χ1) is 16.8. The summed E-state index contributed by atoms with van der Waals surface area (Å²) >= 11 is 5.81. The number of pyridine rings is 1. The maximum atomic E-state index is 11.6. The molecule has 0 bridgehead atoms. The quantitative estimate of drug-likeness (QED) is 0.371. The number of hydrogen-bond acceptors (Lipinski definition) is 4. The molecule has 1 saturated heterocycles. The van der Waals surface area contributed by atoms with Crippen LogP contribution in [0.3, 0.4) is 0 Å². The lowest BCUT2D eigenvalue weighted by atomic mass is 10.0. The summed E-state index contributed by atoms with van der Waals surface area (Å²) in [5.74, 6) is 0. The number of sulfonamides is 1. The van der Waals surface area contributed by atoms with Gasteiger partial charge >= 0.3 is 0 Å². The van der Waals surface area contributed by atoms with Crippen LogP contribution in [0.15, 0.2) is 91.3 Å². The maximum Gasteiger partial charge on any atom is 0.229 e. The number of aryl methyl sites for hydroxylation is 1. The Hall–Kier alpha value is -3.69. The van der Waals surface area contributed by atoms with Crippen molar-refractivity contribution in [2.45, 2.75) is 19.0 Å². The maximum absolute atomic E-state index is 11.6. The molecule has 1 aliphatic heterocycles. The van der Waals surface area contributed by atoms with Crippen LogP contribution < -0.4 is 14.9 Å². The van der Waals surface area contributed by atoms with Gasteiger partial charge in [0.15, 0.2) is 5.11 Å². The molecular weight excluding hydrogens is 478 g/mol. The predicted molar refractivity (Wildman–Crippen MR) is 143 cm³/mol. The summed E-state index contributed by atoms with van der Waals surface area (Å²) < 4.78 is 27.9. The van der Waals surface area contributed by atoms with Crippen molar-refractivity contribution >= 4 is 38.7 Å². The van der Waals surface area contributed by atoms with E-state index in [1.54, 1.807) is 18.3 Å². The van der Waals surface area contributed by atoms with Crippen molar-refractivity contribution in [2.75, 3.05) is 15.9 Å². The normalized spacial score (nSPS) is 17.9. The zero-order valence-electron chi connectivity index (χ0n) is 19.3. The van der Waals surface area contributed by atoms with E-state index in [1.807, 2.05) is 42.6 Å². The Bertz CT molecular complexity index is 1450. The molecule has 0 radical (unpaired) electrons. The smallest absolute Gasteiger partial charge is 0.229 e. The van der Waals surface area contributed by atoms with E-state index >= 15 is 0 Å². The second-order valence-electron chi connectivity index (χ2n) is 8.56. The minimum absolute atomic E-state index is 0.184. The topological polar surface area (TPSA) is 79.3 Å². The summed E-state index contributed by atoms with van der Waals surface area (Å²) in [6.45, 7) is 2.07. The SMILES string of the molecule is Cc1ccc(-n2cccc2[C@@H]2[C@H](c3ccccn3)NC(=S)N2c2ccc(NS(C)(=O)=O)cc2)cc1. The summed E-state index contributed by atoms with van der Waals surface area (Å²) in [4.78, 5) is 6.69. The Morgan fingerprint density at radius 3 is 2.31 bits per heavy atom. The molecular formula is C26H25N5O2S2. The average Bonchev–Trinajstić information content (AvgIpc) is 3.44. The van der Waals surface area contributed by atoms with Gasteiger partial charge in [-0.1, -0.05) is 23.8 Å². The standard InChI is InChI=1S/C26H25N5O2S2/c1-18-8-12-20(13-9-18)30-17-5-7-23(30)25-24(22-6-3-4-16-27-22)28-26(34)31(25)21-14-10-19(11-15-21)29-35(2,32)33/h3-17,24-25,29H,1-2H3,(H,28,34)/t24-,25+/m0/s1. The monoisotopic (exact) mass is 503 g/mol. The molecule has 1 fully saturated rings. The first kappa shape index (κ1) is 23.1. The van der Waals surface area contributed by atoms with Gasteiger partial charge in [0.25, 0.3) is 0 Å². The lowest BCUT2D eigenvalue weighted by Gasteiger charge is -2.29. The molecule has 5 rings (SSSR count). The summed E-state index contributed by atoms with van der Waals surface area (Å²) in [6, 6.07) is 25.2. The molecule has 3 heterocycles. The highest BCUT2D eigenvalue weighted by molar-refractivity contribution is 7.92. The van der Waals surface area contributed by atoms with Gasteiger partial charge < -0.3 is 14.8 Å². The van der Waals surface area contributed by atoms with Crippen molar-refractivity contribution in [3.63, 3.8) is 0 Å². The second kappa shape index (κ2) is 9.16. The fraction of sp³-hybridized carbons (Fsp3) is 0.154. The van der Waals surface area contributed by atoms with Crippen molar-refractivity contribution in [1.82, 2.24) is 14.9 Å². The van der Waals surface area contributed by atoms with E-state index in [0.29, 0.717) is 10.8 Å². The third-order valence-electron chi connectivity index (χ3n) is 5.94. The van der Waals surface area contributed by atoms with Crippen molar-refractivity contribution in [1.29, 1.82) is 0 Å². The molecule has 0 amide bonds. The molecule has 1 aliphatic rings. The first-order valence-corrected chi connectivity index (χ1v) is 13.4. The zero-order chi connectivity index (χ0) is 24.6. The van der Waals surface area contributed by atoms with Gasteiger partial charge in [0, 0.05) is 35.1 Å². The molecule has 2 N–H and O–H groups in total. The molecule has 178 valence electrons. The number of anilines is 2. The van der Waals surface area contributed by atoms with Gasteiger partial charge in [-0.25, -0.2) is 8.42 Å². The largest absolute Gasteiger partial charge is 0.351 e. The van der Waals surface area contributed by atoms with Gasteiger partial charge in [0.05, 0.1) is 18.0 Å². The molecule has 0 saturated carbocycles. The highest BCUT2D eigenvalue weighted by atomic mass is 32.2. The molecule has 7 nitrogen and oxygen atoms in total. The Kier molecular flexibility index (Phi) is 6.04. The number of nitrogens with zero attached hydrogens (tertiary/aromatic N) is 3. The van der Waals surface area contributed by atoms with Gasteiger partial charge in [-0.15, -0.1) is 0 Å². The minimum atomic E-state index is -3.36. The van der Waals surface area contributed by atoms with Crippen LogP contribution in [-0.4, -0.2) is 29.3 Å². The lowest BCUT2D eigenvalue weighted by Crippen LogP contribution is -2.30. The molecule has 35 heavy (non-hydrogen) atoms. The van der Waals surface area contributed by atoms with Gasteiger partial charge in [-0.2, -0.15) is 0 Å². The second-order valence-corrected chi connectivity index (χ2v) is 10.7. The molecule has 2 atom stereocenters. The van der Waals surface area contributed by atoms with Crippen LogP contribution >= 0.6 is 12.2 Å². The summed E-state index contributed by atoms with van der Waals surface area (Å²) in [6.07, 6.45) is 4.96. The van der Waals surface area contributed by atoms with Crippen LogP contribution in [-0.2, 0) is 10.0 Å². The van der Waals surface area contributed by atoms with Crippen LogP contribution in [0.2, 0.25) is 0 Å². The highest BCUT2D eigenvalue weighted by Crippen LogP contribution is 2.42. The number of aromatic nitrogens is 2. The van der Waals surface area contributed by atoms with E-state index in [1.165, 1.54) is 5.56 Å². The number of hydrogen-bond donors (Lipinski definition) is 2. The molecule has 9 heteroatoms. The van der Waals surface area contributed by atoms with Crippen LogP contribution in [0.4, 0.5) is 11.4 Å². The zero-order valence-corrected chi connectivity index (χ0v) is 20.9. The van der Waals surface area contributed by atoms with Crippen LogP contribution in [0.5, 0.6) is 0 Å². The third kappa shape index (κ3) is 4.78. The molecule has 4 aromatic rings. The lowest BCUT2D eigenvalue weighted by molar-refractivity contribution is 0.549. The summed E-state index contributed by atoms with van der Waals surface area (Å²) in [5.41, 5.74) is 5.53. The molecule has 2 aromatic carbocycles. The minimum Gasteiger partial charge on any atom is -0.351 e. The highest BCUT2D eigenvalue weighted by Gasteiger charge is 2.42. The van der Waals surface area contributed by atoms with E-state index in [2.05, 4.69) is 61.7 Å². The van der Waals surface area contributed by atoms with Crippen LogP contribution in [0, 0.1) is 6.92 Å². The summed E-state index contributed by atoms with van der Waals surface area (Å²) in [5, 5.41) is 4.04. The van der Waals surface area contributed by atoms with Crippen LogP contribution in [0.1, 0.15) is 29.0 Å². The summed E-state index contributed by atoms with van der Waals surface area (Å²) in [7, 11) is -3.36. The van der Waals surface area contributed by atoms with Crippen molar-refractivity contribution in [3.05, 3.63) is 108 Å². The van der Waals surface area contributed by atoms with Gasteiger partial charge in [0.1, 0.15) is 6.04 Å². The molecule has 0 unspecified atom stereocenters. The fourth-order valence-corrected chi connectivity index (χ4v) is 5.32. The van der Waals surface area contributed by atoms with Gasteiger partial charge in [-0.05, 0) is 79.8 Å². The number of rotatable bonds is 6. The number of thiocarbonyl (C=S) groups is 1. The Morgan fingerprint density at radius 2 is 1.66 bits per heavy atom. The predicted octanol–water partition coefficient (Wildman–Crippen LogP) is 4.73. The van der Waals surface area contributed by atoms with Gasteiger partial charge in [-0.3, -0.25) is 9.71 Å². The molecule has 2 aromatic heterocycles. The number of benzene rings is 2. The van der Waals surface area contributed by atoms with Crippen molar-refractivity contribution in [3.8, 4) is 5.69 Å². The molecule has 0 spiro atoms. The Labute approximate surface area is 210 Å². The van der Waals surface area contributed by atoms with E-state index in [9.17, 15) is 8.42 Å². The Balaban J connectivity index is 1.60. The van der Waals surface area contributed by atoms with E-state index in [-0.39, 0.29) is 12.1 Å². The van der Waals surface area contributed by atoms with Crippen LogP contribution in [0.25, 0.3) is 5.69 Å².